The number of hydrogen-bond donors (Lipinski definition) is 3. The number of hydrazine groups is 1. The maximum absolute atomic E-state index is 5.09. The van der Waals surface area contributed by atoms with Crippen molar-refractivity contribution in [2.75, 3.05) is 0 Å². The number of nitrogens with two attached hydrogens (primary N) is 2. The van der Waals surface area contributed by atoms with E-state index >= 15 is 0 Å². The molecule has 0 heterocycles. The van der Waals surface area contributed by atoms with E-state index in [2.05, 4.69) is 15.5 Å². The van der Waals surface area contributed by atoms with Gasteiger partial charge in [-0.15, -0.1) is 0 Å². The van der Waals surface area contributed by atoms with Crippen molar-refractivity contribution in [1.29, 1.82) is 0 Å². The summed E-state index contributed by atoms with van der Waals surface area (Å²) in [5, 5.41) is 0. The molecule has 0 radical (unpaired) electrons. The van der Waals surface area contributed by atoms with Crippen LogP contribution in [0, 0.1) is 0 Å². The van der Waals surface area contributed by atoms with Gasteiger partial charge in [0.1, 0.15) is 0 Å². The fraction of sp³-hybridized carbons (Fsp3) is 0. The van der Waals surface area contributed by atoms with Crippen molar-refractivity contribution >= 4 is 14.8 Å². The Bertz CT molecular complexity index is 54.8. The van der Waals surface area contributed by atoms with Crippen molar-refractivity contribution in [2.24, 2.45) is 11.6 Å². The van der Waals surface area contributed by atoms with Crippen molar-refractivity contribution in [3.8, 4) is 0 Å². The van der Waals surface area contributed by atoms with Crippen molar-refractivity contribution in [3.63, 3.8) is 0 Å². The van der Waals surface area contributed by atoms with E-state index in [0.29, 0.717) is 2.55 Å². The van der Waals surface area contributed by atoms with Gasteiger partial charge in [0.25, 0.3) is 0 Å². The first kappa shape index (κ1) is 6.73. The van der Waals surface area contributed by atoms with Crippen LogP contribution in [0.25, 0.3) is 0 Å². The van der Waals surface area contributed by atoms with Crippen LogP contribution in [0.3, 0.4) is 0 Å². The third kappa shape index (κ3) is 4.73. The molecule has 5 heteroatoms. The molecule has 3 nitrogen and oxygen atoms in total. The van der Waals surface area contributed by atoms with E-state index in [4.69, 9.17) is 11.6 Å². The van der Waals surface area contributed by atoms with Crippen LogP contribution in [0.4, 0.5) is 0 Å². The molecule has 5 N–H and O–H groups in total. The van der Waals surface area contributed by atoms with E-state index in [1.807, 2.05) is 0 Å². The quantitative estimate of drug-likeness (QED) is 0.226. The van der Waals surface area contributed by atoms with Gasteiger partial charge in [-0.2, -0.15) is 0 Å². The van der Waals surface area contributed by atoms with Gasteiger partial charge in [-0.25, -0.2) is 0 Å². The molecule has 0 bridgehead atoms. The predicted octanol–water partition coefficient (Wildman–Crippen LogP) is -1.31. The van der Waals surface area contributed by atoms with Crippen LogP contribution < -0.4 is 14.8 Å². The first-order chi connectivity index (χ1) is 2.77. The fourth-order valence-corrected chi connectivity index (χ4v) is 1.23. The molecular formula is CH5CdN3S. The molecule has 0 amide bonds. The molecule has 0 aromatic carbocycles. The summed E-state index contributed by atoms with van der Waals surface area (Å²) in [5.41, 5.74) is 5.09. The van der Waals surface area contributed by atoms with Gasteiger partial charge >= 0.3 is 54.1 Å². The molecule has 0 atom stereocenters. The van der Waals surface area contributed by atoms with Gasteiger partial charge in [-0.3, -0.25) is 0 Å². The Morgan fingerprint density at radius 3 is 2.33 bits per heavy atom. The van der Waals surface area contributed by atoms with E-state index in [1.165, 1.54) is 0 Å². The Morgan fingerprint density at radius 2 is 2.33 bits per heavy atom. The molecule has 0 aromatic heterocycles. The molecule has 6 heavy (non-hydrogen) atoms. The normalized spacial score (nSPS) is 6.83. The summed E-state index contributed by atoms with van der Waals surface area (Å²) in [6.07, 6.45) is 0. The standard InChI is InChI=1S/CH2NS.Cd.H3N2/c2-1-3;;1-2/h(H2,2,3);;1H,2H2/q;+1;-1. The summed E-state index contributed by atoms with van der Waals surface area (Å²) < 4.78 is 3.11. The van der Waals surface area contributed by atoms with Gasteiger partial charge in [0.15, 0.2) is 0 Å². The fourth-order valence-electron chi connectivity index (χ4n) is 0.101. The second-order valence-electron chi connectivity index (χ2n) is 0.847. The van der Waals surface area contributed by atoms with Crippen molar-refractivity contribution in [1.82, 2.24) is 3.24 Å². The Balaban J connectivity index is 2.83. The second kappa shape index (κ2) is 3.91. The number of hydrogen-bond acceptors (Lipinski definition) is 3. The molecule has 0 saturated heterocycles. The average Bonchev–Trinajstić information content (AvgIpc) is 1.35. The average molecular weight is 204 g/mol. The zero-order valence-electron chi connectivity index (χ0n) is 3.27. The van der Waals surface area contributed by atoms with Gasteiger partial charge in [0.2, 0.25) is 0 Å². The summed E-state index contributed by atoms with van der Waals surface area (Å²) in [6, 6.07) is 0. The Kier molecular flexibility index (Phi) is 4.38. The van der Waals surface area contributed by atoms with Gasteiger partial charge in [0, 0.05) is 0 Å². The van der Waals surface area contributed by atoms with E-state index in [0.717, 1.165) is 0 Å². The summed E-state index contributed by atoms with van der Waals surface area (Å²) in [7, 11) is 0. The number of rotatable bonds is 2. The summed E-state index contributed by atoms with van der Waals surface area (Å²) in [6.45, 7) is 0. The zero-order valence-corrected chi connectivity index (χ0v) is 8.12. The maximum atomic E-state index is 5.09. The van der Waals surface area contributed by atoms with Crippen LogP contribution in [0.2, 0.25) is 0 Å². The van der Waals surface area contributed by atoms with Crippen LogP contribution in [0.1, 0.15) is 0 Å². The summed E-state index contributed by atoms with van der Waals surface area (Å²) >= 11 is 3.40. The van der Waals surface area contributed by atoms with Crippen LogP contribution in [-0.4, -0.2) is 2.55 Å². The molecule has 0 unspecified atom stereocenters. The van der Waals surface area contributed by atoms with E-state index in [-0.39, 0.29) is 0 Å². The van der Waals surface area contributed by atoms with Crippen LogP contribution >= 0.6 is 12.2 Å². The van der Waals surface area contributed by atoms with E-state index < -0.39 is 24.5 Å². The first-order valence-corrected chi connectivity index (χ1v) is 5.93. The van der Waals surface area contributed by atoms with Crippen LogP contribution in [0.5, 0.6) is 0 Å². The molecule has 0 aliphatic rings. The number of thiocarbonyl (C=S) groups is 1. The molecule has 0 spiro atoms. The molecule has 32 valence electrons. The molecular weight excluding hydrogens is 199 g/mol. The number of nitrogens with one attached hydrogen (secondary N) is 1. The monoisotopic (exact) mass is 205 g/mol. The third-order valence-electron chi connectivity index (χ3n) is 0.276. The predicted molar refractivity (Wildman–Crippen MR) is 24.1 cm³/mol. The molecule has 0 aliphatic heterocycles. The third-order valence-corrected chi connectivity index (χ3v) is 2.82. The Labute approximate surface area is 54.1 Å². The molecule has 0 saturated carbocycles. The van der Waals surface area contributed by atoms with Crippen LogP contribution in [-0.2, 0) is 24.5 Å². The van der Waals surface area contributed by atoms with Crippen molar-refractivity contribution in [3.05, 3.63) is 0 Å². The molecule has 0 fully saturated rings. The first-order valence-electron chi connectivity index (χ1n) is 1.49. The molecule has 0 aromatic rings. The van der Waals surface area contributed by atoms with E-state index in [9.17, 15) is 0 Å². The van der Waals surface area contributed by atoms with Crippen molar-refractivity contribution < 1.29 is 24.5 Å². The van der Waals surface area contributed by atoms with Crippen LogP contribution in [0.15, 0.2) is 0 Å². The van der Waals surface area contributed by atoms with E-state index in [1.54, 1.807) is 0 Å². The minimum atomic E-state index is -1.13. The van der Waals surface area contributed by atoms with Gasteiger partial charge in [0.05, 0.1) is 0 Å². The second-order valence-corrected chi connectivity index (χ2v) is 7.18. The van der Waals surface area contributed by atoms with Gasteiger partial charge in [-0.1, -0.05) is 0 Å². The SMILES string of the molecule is N[NH][Cd][C](N)=S. The molecule has 0 rings (SSSR count). The van der Waals surface area contributed by atoms with Crippen molar-refractivity contribution in [2.45, 2.75) is 0 Å². The topological polar surface area (TPSA) is 64.1 Å². The zero-order chi connectivity index (χ0) is 4.99. The summed E-state index contributed by atoms with van der Waals surface area (Å²) in [5.74, 6) is 4.91. The Morgan fingerprint density at radius 1 is 1.83 bits per heavy atom. The van der Waals surface area contributed by atoms with Gasteiger partial charge < -0.3 is 0 Å². The van der Waals surface area contributed by atoms with Gasteiger partial charge in [-0.05, 0) is 0 Å². The summed E-state index contributed by atoms with van der Waals surface area (Å²) in [4.78, 5) is 0. The minimum absolute atomic E-state index is 0.597. The Hall–Kier alpha value is 0.732. The molecule has 0 aliphatic carbocycles.